The lowest BCUT2D eigenvalue weighted by Gasteiger charge is -2.11. The lowest BCUT2D eigenvalue weighted by atomic mass is 10.2. The summed E-state index contributed by atoms with van der Waals surface area (Å²) < 4.78 is 46.3. The summed E-state index contributed by atoms with van der Waals surface area (Å²) in [4.78, 5) is 16.1. The fourth-order valence-electron chi connectivity index (χ4n) is 5.70. The van der Waals surface area contributed by atoms with Gasteiger partial charge in [0.2, 0.25) is 0 Å². The number of benzene rings is 3. The number of aliphatic imine (C=N–C) groups is 1. The number of nitrogens with one attached hydrogen (secondary N) is 1. The summed E-state index contributed by atoms with van der Waals surface area (Å²) in [6.07, 6.45) is 4.69. The third kappa shape index (κ3) is 9.77. The van der Waals surface area contributed by atoms with Gasteiger partial charge >= 0.3 is 0 Å². The molecule has 62 heavy (non-hydrogen) atoms. The summed E-state index contributed by atoms with van der Waals surface area (Å²) in [6, 6.07) is 22.6. The molecule has 15 nitrogen and oxygen atoms in total. The van der Waals surface area contributed by atoms with E-state index >= 15 is 0 Å². The van der Waals surface area contributed by atoms with Crippen LogP contribution in [0.1, 0.15) is 17.2 Å². The first-order chi connectivity index (χ1) is 29.7. The van der Waals surface area contributed by atoms with Gasteiger partial charge in [0.25, 0.3) is 0 Å². The number of nitrogens with two attached hydrogens (primary N) is 4. The van der Waals surface area contributed by atoms with E-state index in [9.17, 15) is 13.2 Å². The molecule has 0 saturated carbocycles. The molecule has 22 heteroatoms. The second kappa shape index (κ2) is 19.8. The van der Waals surface area contributed by atoms with Crippen molar-refractivity contribution in [2.24, 2.45) is 10.8 Å². The Labute approximate surface area is 374 Å². The van der Waals surface area contributed by atoms with Gasteiger partial charge in [-0.25, -0.2) is 39.0 Å². The monoisotopic (exact) mass is 963 g/mol. The number of aryl methyl sites for hydroxylation is 2. The molecule has 0 saturated heterocycles. The van der Waals surface area contributed by atoms with Crippen LogP contribution in [-0.2, 0) is 0 Å². The Hall–Kier alpha value is -6.64. The minimum Gasteiger partial charge on any atom is -0.383 e. The van der Waals surface area contributed by atoms with Crippen molar-refractivity contribution in [1.82, 2.24) is 49.9 Å². The Balaban J connectivity index is 0.000000156. The average Bonchev–Trinajstić information content (AvgIpc) is 3.83. The number of nitrogens with zero attached hydrogens (tertiary/aromatic N) is 10. The van der Waals surface area contributed by atoms with Crippen LogP contribution in [0.4, 0.5) is 36.3 Å². The van der Waals surface area contributed by atoms with Gasteiger partial charge in [-0.3, -0.25) is 9.13 Å². The predicted molar refractivity (Wildman–Crippen MR) is 239 cm³/mol. The minimum atomic E-state index is -0.626. The second-order valence-electron chi connectivity index (χ2n) is 12.6. The Morgan fingerprint density at radius 2 is 1.13 bits per heavy atom. The Bertz CT molecular complexity index is 2930. The predicted octanol–water partition coefficient (Wildman–Crippen LogP) is 8.79. The molecule has 0 radical (unpaired) electrons. The molecule has 8 rings (SSSR count). The van der Waals surface area contributed by atoms with Crippen LogP contribution in [0, 0.1) is 31.3 Å². The van der Waals surface area contributed by atoms with Crippen molar-refractivity contribution in [3.05, 3.63) is 158 Å². The summed E-state index contributed by atoms with van der Waals surface area (Å²) in [5.74, 6) is 6.54. The Morgan fingerprint density at radius 1 is 0.629 bits per heavy atom. The fourth-order valence-corrected chi connectivity index (χ4v) is 6.54. The van der Waals surface area contributed by atoms with Crippen LogP contribution in [0.5, 0.6) is 0 Å². The first kappa shape index (κ1) is 44.9. The summed E-state index contributed by atoms with van der Waals surface area (Å²) in [5.41, 5.74) is 22.1. The maximum absolute atomic E-state index is 14.4. The average molecular weight is 966 g/mol. The van der Waals surface area contributed by atoms with E-state index in [4.69, 9.17) is 57.8 Å². The number of rotatable bonds is 6. The zero-order valence-corrected chi connectivity index (χ0v) is 36.1. The summed E-state index contributed by atoms with van der Waals surface area (Å²) in [5, 5.41) is 16.2. The SMILES string of the molecule is Cc1nnc(-c2cc(Br)cnc2N)n1-c1cccc(Cl)c1F.Cc1nnc(-c2cccnc2N)n1-c1cccc(Cl)c1F.NNC(=Nc1cccc(Cl)c1F)c1cccnc1N. The number of hydrogen-bond acceptors (Lipinski definition) is 12. The molecule has 0 bridgehead atoms. The molecular weight excluding hydrogens is 934 g/mol. The van der Waals surface area contributed by atoms with Gasteiger partial charge in [-0.1, -0.05) is 53.0 Å². The first-order valence-electron chi connectivity index (χ1n) is 17.8. The van der Waals surface area contributed by atoms with Crippen LogP contribution in [0.15, 0.2) is 113 Å². The van der Waals surface area contributed by atoms with Gasteiger partial charge in [0.15, 0.2) is 34.9 Å². The molecule has 3 aromatic carbocycles. The second-order valence-corrected chi connectivity index (χ2v) is 14.7. The number of hydrazine groups is 1. The van der Waals surface area contributed by atoms with Crippen molar-refractivity contribution in [2.45, 2.75) is 13.8 Å². The number of nitrogen functional groups attached to an aromatic ring is 3. The van der Waals surface area contributed by atoms with Gasteiger partial charge in [-0.05, 0) is 96.5 Å². The van der Waals surface area contributed by atoms with E-state index in [1.807, 2.05) is 0 Å². The number of halogens is 7. The van der Waals surface area contributed by atoms with Crippen LogP contribution >= 0.6 is 50.7 Å². The normalized spacial score (nSPS) is 11.0. The number of pyridine rings is 3. The van der Waals surface area contributed by atoms with Crippen molar-refractivity contribution >= 4 is 79.7 Å². The lowest BCUT2D eigenvalue weighted by molar-refractivity contribution is 0.617. The van der Waals surface area contributed by atoms with Gasteiger partial charge in [-0.15, -0.1) is 20.4 Å². The molecule has 0 amide bonds. The highest BCUT2D eigenvalue weighted by Gasteiger charge is 2.21. The van der Waals surface area contributed by atoms with E-state index in [2.05, 4.69) is 61.7 Å². The lowest BCUT2D eigenvalue weighted by Crippen LogP contribution is -2.31. The van der Waals surface area contributed by atoms with Crippen LogP contribution < -0.4 is 28.5 Å². The van der Waals surface area contributed by atoms with E-state index in [-0.39, 0.29) is 49.6 Å². The molecule has 0 aliphatic heterocycles. The Morgan fingerprint density at radius 3 is 1.68 bits per heavy atom. The van der Waals surface area contributed by atoms with Gasteiger partial charge in [-0.2, -0.15) is 0 Å². The van der Waals surface area contributed by atoms with Gasteiger partial charge in [0.05, 0.1) is 43.1 Å². The van der Waals surface area contributed by atoms with Gasteiger partial charge < -0.3 is 22.6 Å². The smallest absolute Gasteiger partial charge is 0.172 e. The van der Waals surface area contributed by atoms with Crippen LogP contribution in [0.3, 0.4) is 0 Å². The van der Waals surface area contributed by atoms with E-state index in [0.29, 0.717) is 45.8 Å². The molecular formula is C40H32BrCl3F3N15. The van der Waals surface area contributed by atoms with Crippen LogP contribution in [0.25, 0.3) is 34.2 Å². The molecule has 0 aliphatic carbocycles. The van der Waals surface area contributed by atoms with Crippen LogP contribution in [-0.4, -0.2) is 50.3 Å². The van der Waals surface area contributed by atoms with E-state index in [1.165, 1.54) is 30.5 Å². The highest BCUT2D eigenvalue weighted by atomic mass is 79.9. The standard InChI is InChI=1S/C14H10BrClFN5.C14H11ClFN5.C12H11ClFN5/c1-7-20-21-14(9-5-8(15)6-19-13(9)18)22(7)11-4-2-3-10(16)12(11)17;1-8-19-20-14(9-4-3-7-18-13(9)17)21(8)11-6-2-5-10(15)12(11)16;13-8-4-1-5-9(10(8)14)18-12(19-16)7-3-2-6-17-11(7)15/h2-6H,1H3,(H2,18,19);2-7H,1H3,(H2,17,18);1-6H,16H2,(H2,15,17)(H,18,19). The highest BCUT2D eigenvalue weighted by molar-refractivity contribution is 9.10. The topological polar surface area (TPSA) is 229 Å². The van der Waals surface area contributed by atoms with Gasteiger partial charge in [0, 0.05) is 23.1 Å². The Kier molecular flexibility index (Phi) is 14.4. The largest absolute Gasteiger partial charge is 0.383 e. The third-order valence-electron chi connectivity index (χ3n) is 8.59. The minimum absolute atomic E-state index is 0.0169. The first-order valence-corrected chi connectivity index (χ1v) is 19.7. The van der Waals surface area contributed by atoms with Crippen molar-refractivity contribution in [3.63, 3.8) is 0 Å². The molecule has 0 aliphatic rings. The van der Waals surface area contributed by atoms with Crippen molar-refractivity contribution in [3.8, 4) is 34.2 Å². The number of aromatic nitrogens is 9. The highest BCUT2D eigenvalue weighted by Crippen LogP contribution is 2.32. The molecule has 8 aromatic rings. The number of hydrogen-bond donors (Lipinski definition) is 5. The van der Waals surface area contributed by atoms with E-state index in [0.717, 1.165) is 4.47 Å². The quantitative estimate of drug-likeness (QED) is 0.0456. The molecule has 0 unspecified atom stereocenters. The molecule has 5 heterocycles. The molecule has 0 atom stereocenters. The molecule has 9 N–H and O–H groups in total. The number of amidine groups is 1. The van der Waals surface area contributed by atoms with Crippen molar-refractivity contribution in [2.75, 3.05) is 17.2 Å². The molecule has 316 valence electrons. The summed E-state index contributed by atoms with van der Waals surface area (Å²) in [6.45, 7) is 3.45. The van der Waals surface area contributed by atoms with Crippen molar-refractivity contribution < 1.29 is 13.2 Å². The third-order valence-corrected chi connectivity index (χ3v) is 9.90. The van der Waals surface area contributed by atoms with Gasteiger partial charge in [0.1, 0.15) is 34.8 Å². The maximum Gasteiger partial charge on any atom is 0.172 e. The van der Waals surface area contributed by atoms with E-state index in [1.54, 1.807) is 96.0 Å². The molecule has 0 spiro atoms. The summed E-state index contributed by atoms with van der Waals surface area (Å²) >= 11 is 20.7. The van der Waals surface area contributed by atoms with E-state index < -0.39 is 17.5 Å². The molecule has 5 aromatic heterocycles. The maximum atomic E-state index is 14.4. The van der Waals surface area contributed by atoms with Crippen molar-refractivity contribution in [1.29, 1.82) is 0 Å². The zero-order chi connectivity index (χ0) is 44.7. The fraction of sp³-hybridized carbons (Fsp3) is 0.0500. The number of anilines is 3. The zero-order valence-electron chi connectivity index (χ0n) is 32.2. The summed E-state index contributed by atoms with van der Waals surface area (Å²) in [7, 11) is 0. The van der Waals surface area contributed by atoms with Crippen LogP contribution in [0.2, 0.25) is 15.1 Å². The molecule has 0 fully saturated rings.